The van der Waals surface area contributed by atoms with E-state index in [1.54, 1.807) is 24.3 Å². The number of rotatable bonds is 8. The summed E-state index contributed by atoms with van der Waals surface area (Å²) in [5.74, 6) is -0.00349. The Hall–Kier alpha value is -2.86. The van der Waals surface area contributed by atoms with Gasteiger partial charge in [0.1, 0.15) is 10.6 Å². The number of hydrogen-bond acceptors (Lipinski definition) is 7. The first-order chi connectivity index (χ1) is 15.3. The number of benzene rings is 2. The maximum atomic E-state index is 12.9. The van der Waals surface area contributed by atoms with Crippen molar-refractivity contribution in [2.45, 2.75) is 4.90 Å². The molecule has 12 heteroatoms. The van der Waals surface area contributed by atoms with Crippen LogP contribution in [-0.4, -0.2) is 64.5 Å². The van der Waals surface area contributed by atoms with Crippen LogP contribution in [0.1, 0.15) is 5.56 Å². The summed E-state index contributed by atoms with van der Waals surface area (Å²) in [5.41, 5.74) is 6.65. The average Bonchev–Trinajstić information content (AvgIpc) is 2.80. The minimum Gasteiger partial charge on any atom is -0.496 e. The summed E-state index contributed by atoms with van der Waals surface area (Å²) >= 11 is 6.12. The minimum absolute atomic E-state index is 0.0423. The van der Waals surface area contributed by atoms with E-state index >= 15 is 0 Å². The lowest BCUT2D eigenvalue weighted by atomic mass is 10.2. The standard InChI is InChI=1S/C20H23ClN4O6S/c1-29-17-5-3-2-4-15(17)20(22)24-31-13-19(26)23-14-6-7-16(21)18(12-14)32(27,28)25-8-10-30-11-9-25/h2-7,12H,8-11,13H2,1H3,(H2,22,24)(H,23,26). The van der Waals surface area contributed by atoms with Crippen LogP contribution in [0.3, 0.4) is 0 Å². The van der Waals surface area contributed by atoms with Crippen molar-refractivity contribution in [3.8, 4) is 5.75 Å². The van der Waals surface area contributed by atoms with Gasteiger partial charge >= 0.3 is 0 Å². The minimum atomic E-state index is -3.83. The van der Waals surface area contributed by atoms with E-state index in [0.29, 0.717) is 24.5 Å². The number of halogens is 1. The van der Waals surface area contributed by atoms with Gasteiger partial charge in [0.25, 0.3) is 5.91 Å². The summed E-state index contributed by atoms with van der Waals surface area (Å²) in [6, 6.07) is 11.2. The number of carbonyl (C=O) groups excluding carboxylic acids is 1. The Morgan fingerprint density at radius 2 is 1.97 bits per heavy atom. The van der Waals surface area contributed by atoms with Crippen LogP contribution in [-0.2, 0) is 24.4 Å². The first kappa shape index (κ1) is 23.8. The number of morpholine rings is 1. The highest BCUT2D eigenvalue weighted by molar-refractivity contribution is 7.89. The van der Waals surface area contributed by atoms with Crippen molar-refractivity contribution in [3.05, 3.63) is 53.1 Å². The van der Waals surface area contributed by atoms with Crippen molar-refractivity contribution in [2.75, 3.05) is 45.3 Å². The number of nitrogens with zero attached hydrogens (tertiary/aromatic N) is 2. The van der Waals surface area contributed by atoms with Gasteiger partial charge in [0.2, 0.25) is 10.0 Å². The van der Waals surface area contributed by atoms with Crippen molar-refractivity contribution in [1.29, 1.82) is 0 Å². The molecule has 2 aromatic rings. The summed E-state index contributed by atoms with van der Waals surface area (Å²) in [5, 5.41) is 6.35. The first-order valence-electron chi connectivity index (χ1n) is 9.59. The van der Waals surface area contributed by atoms with Gasteiger partial charge in [-0.25, -0.2) is 8.42 Å². The van der Waals surface area contributed by atoms with Gasteiger partial charge in [-0.1, -0.05) is 28.9 Å². The van der Waals surface area contributed by atoms with E-state index in [0.717, 1.165) is 0 Å². The largest absolute Gasteiger partial charge is 0.496 e. The number of methoxy groups -OCH3 is 1. The van der Waals surface area contributed by atoms with Crippen molar-refractivity contribution < 1.29 is 27.5 Å². The second-order valence-electron chi connectivity index (χ2n) is 6.66. The third kappa shape index (κ3) is 5.68. The molecule has 0 saturated carbocycles. The lowest BCUT2D eigenvalue weighted by Gasteiger charge is -2.26. The molecule has 0 radical (unpaired) electrons. The van der Waals surface area contributed by atoms with Crippen LogP contribution in [0.5, 0.6) is 5.75 Å². The van der Waals surface area contributed by atoms with Crippen LogP contribution in [0.4, 0.5) is 5.69 Å². The molecule has 3 rings (SSSR count). The number of amidine groups is 1. The van der Waals surface area contributed by atoms with Gasteiger partial charge in [0.05, 0.1) is 30.9 Å². The molecule has 32 heavy (non-hydrogen) atoms. The fraction of sp³-hybridized carbons (Fsp3) is 0.300. The highest BCUT2D eigenvalue weighted by Gasteiger charge is 2.28. The second kappa shape index (κ2) is 10.6. The van der Waals surface area contributed by atoms with Gasteiger partial charge in [-0.15, -0.1) is 0 Å². The van der Waals surface area contributed by atoms with Crippen LogP contribution >= 0.6 is 11.6 Å². The SMILES string of the molecule is COc1ccccc1/C(N)=N/OCC(=O)Nc1ccc(Cl)c(S(=O)(=O)N2CCOCC2)c1. The normalized spacial score (nSPS) is 15.2. The summed E-state index contributed by atoms with van der Waals surface area (Å²) in [6.07, 6.45) is 0. The molecular formula is C20H23ClN4O6S. The number of nitrogens with one attached hydrogen (secondary N) is 1. The molecule has 0 aromatic heterocycles. The Morgan fingerprint density at radius 3 is 2.69 bits per heavy atom. The van der Waals surface area contributed by atoms with Gasteiger partial charge in [0.15, 0.2) is 12.4 Å². The number of para-hydroxylation sites is 1. The van der Waals surface area contributed by atoms with Gasteiger partial charge < -0.3 is 25.4 Å². The Labute approximate surface area is 190 Å². The average molecular weight is 483 g/mol. The number of anilines is 1. The zero-order valence-electron chi connectivity index (χ0n) is 17.3. The van der Waals surface area contributed by atoms with Crippen molar-refractivity contribution in [2.24, 2.45) is 10.9 Å². The molecule has 3 N–H and O–H groups in total. The lowest BCUT2D eigenvalue weighted by molar-refractivity contribution is -0.120. The molecular weight excluding hydrogens is 460 g/mol. The zero-order valence-corrected chi connectivity index (χ0v) is 18.9. The van der Waals surface area contributed by atoms with Crippen molar-refractivity contribution in [3.63, 3.8) is 0 Å². The van der Waals surface area contributed by atoms with Crippen LogP contribution in [0.15, 0.2) is 52.5 Å². The molecule has 1 saturated heterocycles. The third-order valence-corrected chi connectivity index (χ3v) is 6.92. The molecule has 2 aromatic carbocycles. The molecule has 1 aliphatic rings. The summed E-state index contributed by atoms with van der Waals surface area (Å²) in [6.45, 7) is 0.639. The number of nitrogens with two attached hydrogens (primary N) is 1. The van der Waals surface area contributed by atoms with Crippen LogP contribution in [0, 0.1) is 0 Å². The van der Waals surface area contributed by atoms with E-state index in [2.05, 4.69) is 10.5 Å². The Balaban J connectivity index is 1.65. The first-order valence-corrected chi connectivity index (χ1v) is 11.4. The number of sulfonamides is 1. The molecule has 0 bridgehead atoms. The van der Waals surface area contributed by atoms with E-state index in [9.17, 15) is 13.2 Å². The molecule has 0 aliphatic carbocycles. The fourth-order valence-electron chi connectivity index (χ4n) is 2.97. The summed E-state index contributed by atoms with van der Waals surface area (Å²) in [4.78, 5) is 17.2. The molecule has 10 nitrogen and oxygen atoms in total. The predicted octanol–water partition coefficient (Wildman–Crippen LogP) is 1.65. The number of hydrogen-bond donors (Lipinski definition) is 2. The second-order valence-corrected chi connectivity index (χ2v) is 8.97. The summed E-state index contributed by atoms with van der Waals surface area (Å²) < 4.78 is 37.5. The molecule has 1 fully saturated rings. The van der Waals surface area contributed by atoms with Gasteiger partial charge in [-0.3, -0.25) is 4.79 Å². The highest BCUT2D eigenvalue weighted by Crippen LogP contribution is 2.28. The predicted molar refractivity (Wildman–Crippen MR) is 119 cm³/mol. The lowest BCUT2D eigenvalue weighted by Crippen LogP contribution is -2.40. The zero-order chi connectivity index (χ0) is 23.1. The molecule has 1 heterocycles. The van der Waals surface area contributed by atoms with Crippen LogP contribution in [0.25, 0.3) is 0 Å². The molecule has 0 atom stereocenters. The third-order valence-electron chi connectivity index (χ3n) is 4.54. The van der Waals surface area contributed by atoms with E-state index in [4.69, 9.17) is 31.6 Å². The Bertz CT molecular complexity index is 1100. The monoisotopic (exact) mass is 482 g/mol. The smallest absolute Gasteiger partial charge is 0.265 e. The summed E-state index contributed by atoms with van der Waals surface area (Å²) in [7, 11) is -2.33. The highest BCUT2D eigenvalue weighted by atomic mass is 35.5. The molecule has 1 amide bonds. The topological polar surface area (TPSA) is 133 Å². The Kier molecular flexibility index (Phi) is 7.91. The maximum Gasteiger partial charge on any atom is 0.265 e. The molecule has 0 spiro atoms. The maximum absolute atomic E-state index is 12.9. The van der Waals surface area contributed by atoms with E-state index in [1.165, 1.54) is 29.6 Å². The molecule has 172 valence electrons. The number of amides is 1. The van der Waals surface area contributed by atoms with Gasteiger partial charge in [0, 0.05) is 18.8 Å². The van der Waals surface area contributed by atoms with Crippen molar-refractivity contribution in [1.82, 2.24) is 4.31 Å². The van der Waals surface area contributed by atoms with Crippen LogP contribution in [0.2, 0.25) is 5.02 Å². The Morgan fingerprint density at radius 1 is 1.25 bits per heavy atom. The van der Waals surface area contributed by atoms with Crippen LogP contribution < -0.4 is 15.8 Å². The quantitative estimate of drug-likeness (QED) is 0.332. The van der Waals surface area contributed by atoms with Gasteiger partial charge in [-0.05, 0) is 30.3 Å². The van der Waals surface area contributed by atoms with Gasteiger partial charge in [-0.2, -0.15) is 4.31 Å². The number of ether oxygens (including phenoxy) is 2. The van der Waals surface area contributed by atoms with E-state index < -0.39 is 22.5 Å². The fourth-order valence-corrected chi connectivity index (χ4v) is 4.88. The number of carbonyl (C=O) groups is 1. The molecule has 1 aliphatic heterocycles. The van der Waals surface area contributed by atoms with Crippen molar-refractivity contribution >= 4 is 39.1 Å². The number of oxime groups is 1. The van der Waals surface area contributed by atoms with E-state index in [1.807, 2.05) is 0 Å². The van der Waals surface area contributed by atoms with E-state index in [-0.39, 0.29) is 34.5 Å². The molecule has 0 unspecified atom stereocenters.